The van der Waals surface area contributed by atoms with Gasteiger partial charge in [-0.25, -0.2) is 4.90 Å². The van der Waals surface area contributed by atoms with Crippen LogP contribution in [0.1, 0.15) is 19.3 Å². The largest absolute Gasteiger partial charge is 0.369 e. The summed E-state index contributed by atoms with van der Waals surface area (Å²) in [6.45, 7) is 1.14. The molecule has 0 aromatic heterocycles. The van der Waals surface area contributed by atoms with E-state index < -0.39 is 6.04 Å². The molecule has 2 saturated heterocycles. The number of imide groups is 1. The molecule has 3 amide bonds. The van der Waals surface area contributed by atoms with Crippen molar-refractivity contribution in [3.8, 4) is 0 Å². The van der Waals surface area contributed by atoms with Crippen molar-refractivity contribution in [1.29, 1.82) is 0 Å². The molecule has 1 atom stereocenters. The highest BCUT2D eigenvalue weighted by atomic mass is 35.5. The van der Waals surface area contributed by atoms with E-state index in [1.165, 1.54) is 0 Å². The van der Waals surface area contributed by atoms with Gasteiger partial charge in [0.1, 0.15) is 0 Å². The van der Waals surface area contributed by atoms with Crippen LogP contribution in [0.2, 0.25) is 10.0 Å². The predicted molar refractivity (Wildman–Crippen MR) is 90.9 cm³/mol. The van der Waals surface area contributed by atoms with Gasteiger partial charge in [-0.1, -0.05) is 23.2 Å². The molecular formula is C16H17Cl2N3O3. The smallest absolute Gasteiger partial charge is 0.251 e. The summed E-state index contributed by atoms with van der Waals surface area (Å²) in [7, 11) is 0. The predicted octanol–water partition coefficient (Wildman–Crippen LogP) is 1.82. The normalized spacial score (nSPS) is 23.1. The average Bonchev–Trinajstić information content (AvgIpc) is 2.81. The second kappa shape index (κ2) is 6.70. The van der Waals surface area contributed by atoms with Crippen LogP contribution in [0.5, 0.6) is 0 Å². The van der Waals surface area contributed by atoms with E-state index in [0.717, 1.165) is 4.90 Å². The van der Waals surface area contributed by atoms with Gasteiger partial charge in [0.25, 0.3) is 5.91 Å². The maximum Gasteiger partial charge on any atom is 0.251 e. The molecule has 0 saturated carbocycles. The van der Waals surface area contributed by atoms with E-state index >= 15 is 0 Å². The molecule has 2 fully saturated rings. The van der Waals surface area contributed by atoms with E-state index in [1.807, 2.05) is 4.90 Å². The monoisotopic (exact) mass is 369 g/mol. The summed E-state index contributed by atoms with van der Waals surface area (Å²) in [4.78, 5) is 39.4. The van der Waals surface area contributed by atoms with E-state index in [0.29, 0.717) is 41.7 Å². The number of carbonyl (C=O) groups is 3. The minimum atomic E-state index is -0.510. The quantitative estimate of drug-likeness (QED) is 0.823. The van der Waals surface area contributed by atoms with Crippen LogP contribution in [0.15, 0.2) is 18.2 Å². The van der Waals surface area contributed by atoms with Gasteiger partial charge in [0, 0.05) is 16.0 Å². The number of nitrogens with zero attached hydrogens (tertiary/aromatic N) is 2. The zero-order chi connectivity index (χ0) is 17.4. The Bertz CT molecular complexity index is 682. The maximum atomic E-state index is 12.7. The zero-order valence-electron chi connectivity index (χ0n) is 12.9. The fourth-order valence-corrected chi connectivity index (χ4v) is 3.85. The van der Waals surface area contributed by atoms with Gasteiger partial charge in [0.2, 0.25) is 11.8 Å². The number of hydrogen-bond donors (Lipinski definition) is 1. The second-order valence-electron chi connectivity index (χ2n) is 6.13. The summed E-state index contributed by atoms with van der Waals surface area (Å²) in [5, 5.41) is 0.729. The molecule has 2 heterocycles. The standard InChI is InChI=1S/C16H17Cl2N3O3/c17-10-5-11(18)7-12(6-10)21-14(22)8-13(16(21)24)20-3-1-9(2-4-20)15(19)23/h5-7,9,13H,1-4,8H2,(H2,19,23). The van der Waals surface area contributed by atoms with Crippen LogP contribution >= 0.6 is 23.2 Å². The summed E-state index contributed by atoms with van der Waals surface area (Å²) in [5.41, 5.74) is 5.72. The summed E-state index contributed by atoms with van der Waals surface area (Å²) in [6, 6.07) is 4.13. The highest BCUT2D eigenvalue weighted by Gasteiger charge is 2.43. The number of primary amides is 1. The fraction of sp³-hybridized carbons (Fsp3) is 0.438. The van der Waals surface area contributed by atoms with Gasteiger partial charge in [-0.15, -0.1) is 0 Å². The molecule has 2 aliphatic rings. The fourth-order valence-electron chi connectivity index (χ4n) is 3.34. The third kappa shape index (κ3) is 3.27. The molecule has 3 rings (SSSR count). The number of benzene rings is 1. The van der Waals surface area contributed by atoms with Gasteiger partial charge in [0.05, 0.1) is 18.2 Å². The molecule has 0 radical (unpaired) electrons. The molecule has 0 spiro atoms. The minimum absolute atomic E-state index is 0.115. The number of likely N-dealkylation sites (tertiary alicyclic amines) is 1. The van der Waals surface area contributed by atoms with Crippen molar-refractivity contribution in [1.82, 2.24) is 4.90 Å². The first-order chi connectivity index (χ1) is 11.4. The number of carbonyl (C=O) groups excluding carboxylic acids is 3. The third-order valence-corrected chi connectivity index (χ3v) is 5.04. The van der Waals surface area contributed by atoms with Crippen molar-refractivity contribution >= 4 is 46.6 Å². The Morgan fingerprint density at radius 2 is 1.67 bits per heavy atom. The highest BCUT2D eigenvalue weighted by Crippen LogP contribution is 2.31. The van der Waals surface area contributed by atoms with Gasteiger partial charge >= 0.3 is 0 Å². The highest BCUT2D eigenvalue weighted by molar-refractivity contribution is 6.35. The number of halogens is 2. The third-order valence-electron chi connectivity index (χ3n) is 4.60. The van der Waals surface area contributed by atoms with Crippen LogP contribution in [0.25, 0.3) is 0 Å². The molecule has 1 unspecified atom stereocenters. The molecule has 0 bridgehead atoms. The molecule has 24 heavy (non-hydrogen) atoms. The Hall–Kier alpha value is -1.63. The minimum Gasteiger partial charge on any atom is -0.369 e. The van der Waals surface area contributed by atoms with Crippen molar-refractivity contribution in [3.05, 3.63) is 28.2 Å². The Morgan fingerprint density at radius 1 is 1.08 bits per heavy atom. The first-order valence-electron chi connectivity index (χ1n) is 7.73. The first kappa shape index (κ1) is 17.2. The molecular weight excluding hydrogens is 353 g/mol. The van der Waals surface area contributed by atoms with Gasteiger partial charge in [-0.05, 0) is 44.1 Å². The van der Waals surface area contributed by atoms with Gasteiger partial charge in [-0.3, -0.25) is 19.3 Å². The number of piperidine rings is 1. The van der Waals surface area contributed by atoms with Crippen molar-refractivity contribution in [2.24, 2.45) is 11.7 Å². The Kier molecular flexibility index (Phi) is 4.80. The lowest BCUT2D eigenvalue weighted by Gasteiger charge is -2.33. The summed E-state index contributed by atoms with van der Waals surface area (Å²) in [6.07, 6.45) is 1.33. The molecule has 1 aromatic carbocycles. The van der Waals surface area contributed by atoms with Crippen LogP contribution < -0.4 is 10.6 Å². The Morgan fingerprint density at radius 3 is 2.21 bits per heavy atom. The average molecular weight is 370 g/mol. The molecule has 2 aliphatic heterocycles. The number of nitrogens with two attached hydrogens (primary N) is 1. The lowest BCUT2D eigenvalue weighted by atomic mass is 9.95. The Balaban J connectivity index is 1.76. The van der Waals surface area contributed by atoms with Crippen LogP contribution in [0.3, 0.4) is 0 Å². The van der Waals surface area contributed by atoms with Crippen LogP contribution in [-0.2, 0) is 14.4 Å². The number of amides is 3. The molecule has 2 N–H and O–H groups in total. The van der Waals surface area contributed by atoms with Crippen molar-refractivity contribution in [2.45, 2.75) is 25.3 Å². The van der Waals surface area contributed by atoms with Crippen LogP contribution in [0, 0.1) is 5.92 Å². The maximum absolute atomic E-state index is 12.7. The van der Waals surface area contributed by atoms with Gasteiger partial charge in [-0.2, -0.15) is 0 Å². The lowest BCUT2D eigenvalue weighted by Crippen LogP contribution is -2.47. The molecule has 8 heteroatoms. The summed E-state index contributed by atoms with van der Waals surface area (Å²) >= 11 is 11.9. The van der Waals surface area contributed by atoms with Crippen molar-refractivity contribution in [3.63, 3.8) is 0 Å². The summed E-state index contributed by atoms with van der Waals surface area (Å²) in [5.74, 6) is -1.02. The van der Waals surface area contributed by atoms with Gasteiger partial charge < -0.3 is 5.73 Å². The topological polar surface area (TPSA) is 83.7 Å². The van der Waals surface area contributed by atoms with E-state index in [1.54, 1.807) is 18.2 Å². The lowest BCUT2D eigenvalue weighted by molar-refractivity contribution is -0.124. The first-order valence-corrected chi connectivity index (χ1v) is 8.48. The molecule has 0 aliphatic carbocycles. The second-order valence-corrected chi connectivity index (χ2v) is 7.00. The van der Waals surface area contributed by atoms with Crippen molar-refractivity contribution in [2.75, 3.05) is 18.0 Å². The van der Waals surface area contributed by atoms with E-state index in [2.05, 4.69) is 0 Å². The number of anilines is 1. The van der Waals surface area contributed by atoms with E-state index in [9.17, 15) is 14.4 Å². The van der Waals surface area contributed by atoms with Crippen LogP contribution in [-0.4, -0.2) is 41.8 Å². The molecule has 6 nitrogen and oxygen atoms in total. The Labute approximate surface area is 149 Å². The zero-order valence-corrected chi connectivity index (χ0v) is 14.4. The van der Waals surface area contributed by atoms with Crippen molar-refractivity contribution < 1.29 is 14.4 Å². The number of rotatable bonds is 3. The van der Waals surface area contributed by atoms with Crippen LogP contribution in [0.4, 0.5) is 5.69 Å². The number of hydrogen-bond acceptors (Lipinski definition) is 4. The molecule has 128 valence electrons. The van der Waals surface area contributed by atoms with E-state index in [4.69, 9.17) is 28.9 Å². The molecule has 1 aromatic rings. The van der Waals surface area contributed by atoms with E-state index in [-0.39, 0.29) is 30.1 Å². The SMILES string of the molecule is NC(=O)C1CCN(C2CC(=O)N(c3cc(Cl)cc(Cl)c3)C2=O)CC1. The summed E-state index contributed by atoms with van der Waals surface area (Å²) < 4.78 is 0. The van der Waals surface area contributed by atoms with Gasteiger partial charge in [0.15, 0.2) is 0 Å².